The number of pyridine rings is 1. The number of alkyl halides is 3. The number of halogens is 3. The fourth-order valence-electron chi connectivity index (χ4n) is 5.47. The summed E-state index contributed by atoms with van der Waals surface area (Å²) in [5, 5.41) is 0. The van der Waals surface area contributed by atoms with Crippen LogP contribution in [0.25, 0.3) is 0 Å². The van der Waals surface area contributed by atoms with Gasteiger partial charge in [-0.25, -0.2) is 4.98 Å². The van der Waals surface area contributed by atoms with Gasteiger partial charge < -0.3 is 24.2 Å². The molecule has 1 unspecified atom stereocenters. The Bertz CT molecular complexity index is 1420. The number of ether oxygens (including phenoxy) is 2. The lowest BCUT2D eigenvalue weighted by Gasteiger charge is -2.44. The highest BCUT2D eigenvalue weighted by Gasteiger charge is 2.48. The normalized spacial score (nSPS) is 16.8. The van der Waals surface area contributed by atoms with Crippen molar-refractivity contribution in [3.8, 4) is 11.5 Å². The molecular weight excluding hydrogens is 573 g/mol. The summed E-state index contributed by atoms with van der Waals surface area (Å²) >= 11 is 0. The number of carbonyl (C=O) groups is 2. The number of nitrogens with zero attached hydrogens (tertiary/aromatic N) is 4. The second-order valence-corrected chi connectivity index (χ2v) is 11.0. The number of aromatic nitrogens is 1. The van der Waals surface area contributed by atoms with Crippen molar-refractivity contribution in [1.82, 2.24) is 14.8 Å². The number of hydrogen-bond acceptors (Lipinski definition) is 6. The first kappa shape index (κ1) is 32.6. The minimum atomic E-state index is -4.50. The van der Waals surface area contributed by atoms with Gasteiger partial charge >= 0.3 is 6.18 Å². The number of aryl methyl sites for hydroxylation is 1. The van der Waals surface area contributed by atoms with Crippen LogP contribution in [0.5, 0.6) is 11.5 Å². The monoisotopic (exact) mass is 612 g/mol. The first-order valence-electron chi connectivity index (χ1n) is 14.6. The minimum absolute atomic E-state index is 0.0204. The van der Waals surface area contributed by atoms with Gasteiger partial charge in [-0.2, -0.15) is 13.2 Å². The molecule has 0 radical (unpaired) electrons. The van der Waals surface area contributed by atoms with Gasteiger partial charge in [0.15, 0.2) is 0 Å². The van der Waals surface area contributed by atoms with Gasteiger partial charge in [0.25, 0.3) is 5.91 Å². The van der Waals surface area contributed by atoms with Crippen molar-refractivity contribution in [2.45, 2.75) is 44.9 Å². The summed E-state index contributed by atoms with van der Waals surface area (Å²) in [5.74, 6) is 1.14. The zero-order chi connectivity index (χ0) is 31.9. The van der Waals surface area contributed by atoms with Gasteiger partial charge in [-0.05, 0) is 80.3 Å². The Balaban J connectivity index is 1.58. The van der Waals surface area contributed by atoms with Crippen LogP contribution >= 0.6 is 0 Å². The van der Waals surface area contributed by atoms with E-state index in [-0.39, 0.29) is 30.5 Å². The highest BCUT2D eigenvalue weighted by molar-refractivity contribution is 5.88. The molecule has 0 aliphatic carbocycles. The summed E-state index contributed by atoms with van der Waals surface area (Å²) in [6.07, 6.45) is -1.88. The molecule has 236 valence electrons. The lowest BCUT2D eigenvalue weighted by atomic mass is 9.90. The molecule has 1 aromatic heterocycles. The number of rotatable bonds is 11. The molecule has 2 amide bonds. The maximum Gasteiger partial charge on any atom is 0.416 e. The van der Waals surface area contributed by atoms with Crippen molar-refractivity contribution >= 4 is 17.6 Å². The summed E-state index contributed by atoms with van der Waals surface area (Å²) in [5.41, 5.74) is -0.565. The van der Waals surface area contributed by atoms with Crippen LogP contribution in [0.2, 0.25) is 0 Å². The van der Waals surface area contributed by atoms with E-state index in [0.29, 0.717) is 39.0 Å². The third kappa shape index (κ3) is 7.81. The highest BCUT2D eigenvalue weighted by atomic mass is 19.4. The van der Waals surface area contributed by atoms with E-state index >= 15 is 0 Å². The summed E-state index contributed by atoms with van der Waals surface area (Å²) < 4.78 is 51.4. The number of benzene rings is 2. The predicted octanol–water partition coefficient (Wildman–Crippen LogP) is 5.39. The number of likely N-dealkylation sites (N-methyl/N-ethyl adjacent to an activating group) is 2. The SMILES string of the molecule is CCN(CCN(C)c1ccccn1)C(=O)C1(Oc2ccc(C(F)(F)F)cc2)CCCN(C(=O)Cc2ccc(OC)c(C)c2)C1. The summed E-state index contributed by atoms with van der Waals surface area (Å²) in [7, 11) is 3.47. The Labute approximate surface area is 256 Å². The largest absolute Gasteiger partial charge is 0.496 e. The van der Waals surface area contributed by atoms with Crippen molar-refractivity contribution in [2.75, 3.05) is 51.8 Å². The Morgan fingerprint density at radius 3 is 2.43 bits per heavy atom. The molecule has 1 saturated heterocycles. The van der Waals surface area contributed by atoms with E-state index < -0.39 is 17.3 Å². The van der Waals surface area contributed by atoms with Crippen molar-refractivity contribution in [3.05, 3.63) is 83.6 Å². The number of piperidine rings is 1. The van der Waals surface area contributed by atoms with Gasteiger partial charge in [0.2, 0.25) is 11.5 Å². The van der Waals surface area contributed by atoms with Crippen LogP contribution < -0.4 is 14.4 Å². The molecule has 0 bridgehead atoms. The van der Waals surface area contributed by atoms with E-state index in [9.17, 15) is 22.8 Å². The number of methoxy groups -OCH3 is 1. The molecule has 8 nitrogen and oxygen atoms in total. The lowest BCUT2D eigenvalue weighted by molar-refractivity contribution is -0.156. The van der Waals surface area contributed by atoms with Gasteiger partial charge in [-0.1, -0.05) is 18.2 Å². The van der Waals surface area contributed by atoms with Crippen molar-refractivity contribution in [1.29, 1.82) is 0 Å². The molecular formula is C33H39F3N4O4. The van der Waals surface area contributed by atoms with Gasteiger partial charge in [-0.3, -0.25) is 9.59 Å². The average Bonchev–Trinajstić information content (AvgIpc) is 3.01. The lowest BCUT2D eigenvalue weighted by Crippen LogP contribution is -2.62. The molecule has 3 aromatic rings. The van der Waals surface area contributed by atoms with Crippen LogP contribution in [0, 0.1) is 6.92 Å². The molecule has 0 spiro atoms. The third-order valence-corrected chi connectivity index (χ3v) is 7.92. The molecule has 44 heavy (non-hydrogen) atoms. The summed E-state index contributed by atoms with van der Waals surface area (Å²) in [4.78, 5) is 37.4. The fraction of sp³-hybridized carbons (Fsp3) is 0.424. The van der Waals surface area contributed by atoms with Crippen molar-refractivity contribution < 1.29 is 32.2 Å². The quantitative estimate of drug-likeness (QED) is 0.289. The summed E-state index contributed by atoms with van der Waals surface area (Å²) in [6.45, 7) is 5.42. The Morgan fingerprint density at radius 2 is 1.82 bits per heavy atom. The van der Waals surface area contributed by atoms with E-state index in [0.717, 1.165) is 34.8 Å². The molecule has 0 N–H and O–H groups in total. The Kier molecular flexibility index (Phi) is 10.4. The standard InChI is InChI=1S/C33H39F3N4O4/c1-5-39(20-19-38(3)29-9-6-7-17-37-29)31(42)32(44-27-13-11-26(12-14-27)33(34,35)36)16-8-18-40(23-32)30(41)22-25-10-15-28(43-4)24(2)21-25/h6-7,9-15,17,21H,5,8,16,18-20,22-23H2,1-4H3. The van der Waals surface area contributed by atoms with Crippen LogP contribution in [0.3, 0.4) is 0 Å². The number of amides is 2. The van der Waals surface area contributed by atoms with Crippen molar-refractivity contribution in [3.63, 3.8) is 0 Å². The molecule has 1 fully saturated rings. The first-order chi connectivity index (χ1) is 21.0. The molecule has 11 heteroatoms. The van der Waals surface area contributed by atoms with Crippen LogP contribution in [0.1, 0.15) is 36.5 Å². The highest BCUT2D eigenvalue weighted by Crippen LogP contribution is 2.34. The number of hydrogen-bond donors (Lipinski definition) is 0. The second-order valence-electron chi connectivity index (χ2n) is 11.0. The Morgan fingerprint density at radius 1 is 1.07 bits per heavy atom. The number of likely N-dealkylation sites (tertiary alicyclic amines) is 1. The Hall–Kier alpha value is -4.28. The smallest absolute Gasteiger partial charge is 0.416 e. The second kappa shape index (κ2) is 14.0. The van der Waals surface area contributed by atoms with Gasteiger partial charge in [0.05, 0.1) is 25.6 Å². The molecule has 1 aliphatic heterocycles. The van der Waals surface area contributed by atoms with Crippen molar-refractivity contribution in [2.24, 2.45) is 0 Å². The van der Waals surface area contributed by atoms with Crippen LogP contribution in [-0.2, 0) is 22.2 Å². The zero-order valence-corrected chi connectivity index (χ0v) is 25.6. The molecule has 1 aliphatic rings. The van der Waals surface area contributed by atoms with Crippen LogP contribution in [-0.4, -0.2) is 79.1 Å². The average molecular weight is 613 g/mol. The zero-order valence-electron chi connectivity index (χ0n) is 25.6. The van der Waals surface area contributed by atoms with E-state index in [2.05, 4.69) is 4.98 Å². The minimum Gasteiger partial charge on any atom is -0.496 e. The number of carbonyl (C=O) groups excluding carboxylic acids is 2. The van der Waals surface area contributed by atoms with E-state index in [1.165, 1.54) is 12.1 Å². The fourth-order valence-corrected chi connectivity index (χ4v) is 5.47. The van der Waals surface area contributed by atoms with Gasteiger partial charge in [0, 0.05) is 39.4 Å². The molecule has 2 aromatic carbocycles. The molecule has 1 atom stereocenters. The van der Waals surface area contributed by atoms with Gasteiger partial charge in [0.1, 0.15) is 17.3 Å². The number of anilines is 1. The van der Waals surface area contributed by atoms with Gasteiger partial charge in [-0.15, -0.1) is 0 Å². The van der Waals surface area contributed by atoms with Crippen LogP contribution in [0.15, 0.2) is 66.9 Å². The van der Waals surface area contributed by atoms with E-state index in [1.54, 1.807) is 23.1 Å². The topological polar surface area (TPSA) is 75.2 Å². The summed E-state index contributed by atoms with van der Waals surface area (Å²) in [6, 6.07) is 15.5. The molecule has 4 rings (SSSR count). The molecule has 2 heterocycles. The first-order valence-corrected chi connectivity index (χ1v) is 14.6. The predicted molar refractivity (Wildman–Crippen MR) is 162 cm³/mol. The third-order valence-electron chi connectivity index (χ3n) is 7.92. The van der Waals surface area contributed by atoms with E-state index in [4.69, 9.17) is 9.47 Å². The maximum atomic E-state index is 14.3. The van der Waals surface area contributed by atoms with Crippen LogP contribution in [0.4, 0.5) is 19.0 Å². The molecule has 0 saturated carbocycles. The maximum absolute atomic E-state index is 14.3. The van der Waals surface area contributed by atoms with E-state index in [1.807, 2.05) is 62.2 Å².